The standard InChI is InChI=1S/C21H26ClN3O4S/c1-15(26)23-17-9-11-18(12-10-17)30(28,29)25(14-20(27)24-21(2,3)4)13-16-7-5-6-8-19(16)22/h5-12H,13-14H2,1-4H3,(H,23,26)(H,24,27). The van der Waals surface area contributed by atoms with Crippen molar-refractivity contribution < 1.29 is 18.0 Å². The zero-order valence-corrected chi connectivity index (χ0v) is 19.0. The molecular weight excluding hydrogens is 426 g/mol. The van der Waals surface area contributed by atoms with E-state index in [1.54, 1.807) is 24.3 Å². The minimum absolute atomic E-state index is 0.00668. The molecule has 0 aliphatic rings. The van der Waals surface area contributed by atoms with Crippen LogP contribution < -0.4 is 10.6 Å². The van der Waals surface area contributed by atoms with Gasteiger partial charge in [0.2, 0.25) is 21.8 Å². The van der Waals surface area contributed by atoms with E-state index in [9.17, 15) is 18.0 Å². The second-order valence-electron chi connectivity index (χ2n) is 7.87. The minimum atomic E-state index is -4.01. The van der Waals surface area contributed by atoms with Gasteiger partial charge >= 0.3 is 0 Å². The zero-order valence-electron chi connectivity index (χ0n) is 17.4. The van der Waals surface area contributed by atoms with Crippen LogP contribution in [0.1, 0.15) is 33.3 Å². The number of sulfonamides is 1. The van der Waals surface area contributed by atoms with Crippen LogP contribution in [0.3, 0.4) is 0 Å². The molecule has 2 rings (SSSR count). The Morgan fingerprint density at radius 3 is 2.17 bits per heavy atom. The Kier molecular flexibility index (Phi) is 7.63. The van der Waals surface area contributed by atoms with Crippen LogP contribution in [0.15, 0.2) is 53.4 Å². The summed E-state index contributed by atoms with van der Waals surface area (Å²) in [6.45, 7) is 6.39. The van der Waals surface area contributed by atoms with E-state index in [0.29, 0.717) is 16.3 Å². The summed E-state index contributed by atoms with van der Waals surface area (Å²) in [6.07, 6.45) is 0. The molecule has 30 heavy (non-hydrogen) atoms. The number of benzene rings is 2. The van der Waals surface area contributed by atoms with Crippen molar-refractivity contribution in [1.29, 1.82) is 0 Å². The smallest absolute Gasteiger partial charge is 0.243 e. The molecule has 0 heterocycles. The first-order chi connectivity index (χ1) is 13.9. The molecule has 2 amide bonds. The maximum Gasteiger partial charge on any atom is 0.243 e. The lowest BCUT2D eigenvalue weighted by Crippen LogP contribution is -2.47. The number of halogens is 1. The highest BCUT2D eigenvalue weighted by molar-refractivity contribution is 7.89. The van der Waals surface area contributed by atoms with Crippen molar-refractivity contribution in [2.24, 2.45) is 0 Å². The second kappa shape index (κ2) is 9.59. The quantitative estimate of drug-likeness (QED) is 0.674. The van der Waals surface area contributed by atoms with Crippen LogP contribution in [0.2, 0.25) is 5.02 Å². The number of hydrogen-bond acceptors (Lipinski definition) is 4. The molecule has 0 unspecified atom stereocenters. The maximum absolute atomic E-state index is 13.3. The Morgan fingerprint density at radius 1 is 1.03 bits per heavy atom. The molecule has 2 aromatic carbocycles. The van der Waals surface area contributed by atoms with Gasteiger partial charge in [0.05, 0.1) is 11.4 Å². The van der Waals surface area contributed by atoms with Gasteiger partial charge in [-0.25, -0.2) is 8.42 Å². The Balaban J connectivity index is 2.36. The van der Waals surface area contributed by atoms with Gasteiger partial charge in [0, 0.05) is 29.7 Å². The summed E-state index contributed by atoms with van der Waals surface area (Å²) < 4.78 is 27.7. The lowest BCUT2D eigenvalue weighted by molar-refractivity contribution is -0.122. The Labute approximate surface area is 182 Å². The molecule has 9 heteroatoms. The average molecular weight is 452 g/mol. The predicted octanol–water partition coefficient (Wildman–Crippen LogP) is 3.40. The maximum atomic E-state index is 13.3. The summed E-state index contributed by atoms with van der Waals surface area (Å²) in [5.74, 6) is -0.683. The normalized spacial score (nSPS) is 11.9. The van der Waals surface area contributed by atoms with Gasteiger partial charge in [-0.05, 0) is 56.7 Å². The van der Waals surface area contributed by atoms with Gasteiger partial charge in [0.15, 0.2) is 0 Å². The highest BCUT2D eigenvalue weighted by Crippen LogP contribution is 2.23. The number of carbonyl (C=O) groups is 2. The zero-order chi connectivity index (χ0) is 22.5. The first kappa shape index (κ1) is 23.9. The lowest BCUT2D eigenvalue weighted by Gasteiger charge is -2.26. The van der Waals surface area contributed by atoms with Gasteiger partial charge in [0.25, 0.3) is 0 Å². The fourth-order valence-electron chi connectivity index (χ4n) is 2.72. The minimum Gasteiger partial charge on any atom is -0.350 e. The van der Waals surface area contributed by atoms with Crippen LogP contribution in [-0.4, -0.2) is 36.6 Å². The lowest BCUT2D eigenvalue weighted by atomic mass is 10.1. The molecule has 0 aromatic heterocycles. The SMILES string of the molecule is CC(=O)Nc1ccc(S(=O)(=O)N(CC(=O)NC(C)(C)C)Cc2ccccc2Cl)cc1. The van der Waals surface area contributed by atoms with E-state index in [4.69, 9.17) is 11.6 Å². The molecule has 0 spiro atoms. The van der Waals surface area contributed by atoms with Gasteiger partial charge < -0.3 is 10.6 Å². The van der Waals surface area contributed by atoms with Crippen molar-refractivity contribution in [3.8, 4) is 0 Å². The summed E-state index contributed by atoms with van der Waals surface area (Å²) in [7, 11) is -4.01. The topological polar surface area (TPSA) is 95.6 Å². The molecule has 0 radical (unpaired) electrons. The Morgan fingerprint density at radius 2 is 1.63 bits per heavy atom. The third-order valence-corrected chi connectivity index (χ3v) is 6.13. The fourth-order valence-corrected chi connectivity index (χ4v) is 4.29. The molecule has 0 aliphatic carbocycles. The monoisotopic (exact) mass is 451 g/mol. The largest absolute Gasteiger partial charge is 0.350 e. The van der Waals surface area contributed by atoms with Crippen molar-refractivity contribution in [2.45, 2.75) is 44.7 Å². The summed E-state index contributed by atoms with van der Waals surface area (Å²) in [5, 5.41) is 5.78. The van der Waals surface area contributed by atoms with Crippen LogP contribution in [0.5, 0.6) is 0 Å². The molecule has 2 aromatic rings. The molecule has 0 saturated carbocycles. The van der Waals surface area contributed by atoms with Gasteiger partial charge in [-0.1, -0.05) is 29.8 Å². The van der Waals surface area contributed by atoms with Crippen molar-refractivity contribution in [2.75, 3.05) is 11.9 Å². The molecule has 7 nitrogen and oxygen atoms in total. The number of nitrogens with zero attached hydrogens (tertiary/aromatic N) is 1. The van der Waals surface area contributed by atoms with E-state index in [1.165, 1.54) is 31.2 Å². The summed E-state index contributed by atoms with van der Waals surface area (Å²) in [4.78, 5) is 23.7. The Hall–Kier alpha value is -2.42. The highest BCUT2D eigenvalue weighted by atomic mass is 35.5. The van der Waals surface area contributed by atoms with Gasteiger partial charge in [-0.2, -0.15) is 4.31 Å². The number of carbonyl (C=O) groups excluding carboxylic acids is 2. The molecule has 0 aliphatic heterocycles. The van der Waals surface area contributed by atoms with Crippen LogP contribution in [-0.2, 0) is 26.2 Å². The van der Waals surface area contributed by atoms with E-state index in [-0.39, 0.29) is 23.9 Å². The molecule has 0 saturated heterocycles. The fraction of sp³-hybridized carbons (Fsp3) is 0.333. The van der Waals surface area contributed by atoms with Crippen LogP contribution in [0, 0.1) is 0 Å². The van der Waals surface area contributed by atoms with Crippen molar-refractivity contribution in [3.63, 3.8) is 0 Å². The molecular formula is C21H26ClN3O4S. The van der Waals surface area contributed by atoms with E-state index in [2.05, 4.69) is 10.6 Å². The van der Waals surface area contributed by atoms with E-state index in [0.717, 1.165) is 4.31 Å². The number of anilines is 1. The van der Waals surface area contributed by atoms with Crippen molar-refractivity contribution >= 4 is 39.1 Å². The Bertz CT molecular complexity index is 1020. The highest BCUT2D eigenvalue weighted by Gasteiger charge is 2.28. The third kappa shape index (κ3) is 6.83. The second-order valence-corrected chi connectivity index (χ2v) is 10.2. The van der Waals surface area contributed by atoms with E-state index >= 15 is 0 Å². The molecule has 0 atom stereocenters. The first-order valence-electron chi connectivity index (χ1n) is 9.31. The number of amides is 2. The number of rotatable bonds is 7. The van der Waals surface area contributed by atoms with Gasteiger partial charge in [-0.3, -0.25) is 9.59 Å². The number of hydrogen-bond donors (Lipinski definition) is 2. The number of nitrogens with one attached hydrogen (secondary N) is 2. The van der Waals surface area contributed by atoms with E-state index < -0.39 is 21.5 Å². The molecule has 2 N–H and O–H groups in total. The van der Waals surface area contributed by atoms with Crippen LogP contribution in [0.25, 0.3) is 0 Å². The predicted molar refractivity (Wildman–Crippen MR) is 118 cm³/mol. The van der Waals surface area contributed by atoms with Crippen molar-refractivity contribution in [3.05, 3.63) is 59.1 Å². The van der Waals surface area contributed by atoms with Gasteiger partial charge in [-0.15, -0.1) is 0 Å². The third-order valence-electron chi connectivity index (χ3n) is 3.95. The van der Waals surface area contributed by atoms with Crippen molar-refractivity contribution in [1.82, 2.24) is 9.62 Å². The van der Waals surface area contributed by atoms with E-state index in [1.807, 2.05) is 20.8 Å². The molecule has 0 fully saturated rings. The first-order valence-corrected chi connectivity index (χ1v) is 11.1. The summed E-state index contributed by atoms with van der Waals surface area (Å²) in [5.41, 5.74) is 0.558. The molecule has 162 valence electrons. The molecule has 0 bridgehead atoms. The summed E-state index contributed by atoms with van der Waals surface area (Å²) >= 11 is 6.21. The van der Waals surface area contributed by atoms with Crippen LogP contribution in [0.4, 0.5) is 5.69 Å². The van der Waals surface area contributed by atoms with Gasteiger partial charge in [0.1, 0.15) is 0 Å². The summed E-state index contributed by atoms with van der Waals surface area (Å²) in [6, 6.07) is 12.7. The average Bonchev–Trinajstić information content (AvgIpc) is 2.61. The van der Waals surface area contributed by atoms with Crippen LogP contribution >= 0.6 is 11.6 Å².